The highest BCUT2D eigenvalue weighted by atomic mass is 32.2. The van der Waals surface area contributed by atoms with Gasteiger partial charge in [0.05, 0.1) is 4.90 Å². The zero-order valence-corrected chi connectivity index (χ0v) is 14.3. The Labute approximate surface area is 141 Å². The minimum atomic E-state index is -3.67. The average Bonchev–Trinajstić information content (AvgIpc) is 2.51. The molecule has 0 radical (unpaired) electrons. The molecule has 2 rings (SSSR count). The van der Waals surface area contributed by atoms with Crippen LogP contribution in [0.3, 0.4) is 0 Å². The van der Waals surface area contributed by atoms with Crippen LogP contribution in [0.5, 0.6) is 0 Å². The van der Waals surface area contributed by atoms with E-state index in [4.69, 9.17) is 0 Å². The second-order valence-corrected chi connectivity index (χ2v) is 7.21. The number of rotatable bonds is 6. The van der Waals surface area contributed by atoms with Gasteiger partial charge < -0.3 is 5.32 Å². The van der Waals surface area contributed by atoms with Crippen LogP contribution in [0.15, 0.2) is 47.4 Å². The normalized spacial score (nSPS) is 11.3. The van der Waals surface area contributed by atoms with Crippen LogP contribution in [0.1, 0.15) is 17.5 Å². The maximum Gasteiger partial charge on any atom is 0.240 e. The van der Waals surface area contributed by atoms with Gasteiger partial charge in [-0.25, -0.2) is 17.5 Å². The van der Waals surface area contributed by atoms with E-state index >= 15 is 0 Å². The number of halogens is 1. The van der Waals surface area contributed by atoms with Crippen LogP contribution in [0, 0.1) is 19.7 Å². The van der Waals surface area contributed by atoms with Crippen molar-refractivity contribution < 1.29 is 17.6 Å². The Morgan fingerprint density at radius 2 is 1.75 bits per heavy atom. The fourth-order valence-corrected chi connectivity index (χ4v) is 3.49. The number of hydrogen-bond acceptors (Lipinski definition) is 3. The van der Waals surface area contributed by atoms with E-state index in [9.17, 15) is 17.6 Å². The first-order valence-corrected chi connectivity index (χ1v) is 8.88. The molecule has 0 spiro atoms. The third-order valence-corrected chi connectivity index (χ3v) is 5.01. The second kappa shape index (κ2) is 7.55. The predicted molar refractivity (Wildman–Crippen MR) is 90.8 cm³/mol. The monoisotopic (exact) mass is 350 g/mol. The molecular weight excluding hydrogens is 331 g/mol. The first-order chi connectivity index (χ1) is 11.3. The molecule has 0 aromatic heterocycles. The number of anilines is 1. The summed E-state index contributed by atoms with van der Waals surface area (Å²) in [6.45, 7) is 3.51. The third kappa shape index (κ3) is 4.87. The van der Waals surface area contributed by atoms with E-state index in [0.717, 1.165) is 5.56 Å². The summed E-state index contributed by atoms with van der Waals surface area (Å²) in [5.74, 6) is -0.750. The van der Waals surface area contributed by atoms with Gasteiger partial charge in [-0.05, 0) is 55.3 Å². The SMILES string of the molecule is Cc1ccc(C)c(S(=O)(=O)NCCC(=O)Nc2ccc(F)cc2)c1. The number of nitrogens with one attached hydrogen (secondary N) is 2. The molecule has 0 unspecified atom stereocenters. The lowest BCUT2D eigenvalue weighted by atomic mass is 10.2. The molecule has 0 aliphatic heterocycles. The number of benzene rings is 2. The first kappa shape index (κ1) is 18.1. The maximum absolute atomic E-state index is 12.8. The molecule has 24 heavy (non-hydrogen) atoms. The van der Waals surface area contributed by atoms with Crippen molar-refractivity contribution in [2.24, 2.45) is 0 Å². The lowest BCUT2D eigenvalue weighted by Crippen LogP contribution is -2.28. The quantitative estimate of drug-likeness (QED) is 0.841. The molecule has 0 bridgehead atoms. The highest BCUT2D eigenvalue weighted by molar-refractivity contribution is 7.89. The number of sulfonamides is 1. The lowest BCUT2D eigenvalue weighted by molar-refractivity contribution is -0.116. The molecule has 2 aromatic rings. The maximum atomic E-state index is 12.8. The molecule has 0 saturated carbocycles. The molecule has 2 aromatic carbocycles. The van der Waals surface area contributed by atoms with Crippen LogP contribution < -0.4 is 10.0 Å². The van der Waals surface area contributed by atoms with Gasteiger partial charge in [0.1, 0.15) is 5.82 Å². The van der Waals surface area contributed by atoms with Gasteiger partial charge in [-0.15, -0.1) is 0 Å². The third-order valence-electron chi connectivity index (χ3n) is 3.41. The Balaban J connectivity index is 1.91. The van der Waals surface area contributed by atoms with Gasteiger partial charge in [0.2, 0.25) is 15.9 Å². The topological polar surface area (TPSA) is 75.3 Å². The van der Waals surface area contributed by atoms with Crippen LogP contribution in [-0.2, 0) is 14.8 Å². The van der Waals surface area contributed by atoms with Crippen molar-refractivity contribution in [3.63, 3.8) is 0 Å². The zero-order chi connectivity index (χ0) is 17.7. The van der Waals surface area contributed by atoms with Gasteiger partial charge in [0.15, 0.2) is 0 Å². The van der Waals surface area contributed by atoms with E-state index in [-0.39, 0.29) is 23.8 Å². The summed E-state index contributed by atoms with van der Waals surface area (Å²) in [5.41, 5.74) is 1.94. The Morgan fingerprint density at radius 3 is 2.42 bits per heavy atom. The molecule has 0 aliphatic rings. The van der Waals surface area contributed by atoms with Crippen molar-refractivity contribution >= 4 is 21.6 Å². The Morgan fingerprint density at radius 1 is 1.08 bits per heavy atom. The molecule has 0 atom stereocenters. The van der Waals surface area contributed by atoms with Gasteiger partial charge in [0, 0.05) is 18.7 Å². The fraction of sp³-hybridized carbons (Fsp3) is 0.235. The Kier molecular flexibility index (Phi) is 5.69. The fourth-order valence-electron chi connectivity index (χ4n) is 2.13. The number of carbonyl (C=O) groups is 1. The largest absolute Gasteiger partial charge is 0.326 e. The highest BCUT2D eigenvalue weighted by Gasteiger charge is 2.17. The first-order valence-electron chi connectivity index (χ1n) is 7.40. The van der Waals surface area contributed by atoms with E-state index in [1.54, 1.807) is 19.1 Å². The molecular formula is C17H19FN2O3S. The lowest BCUT2D eigenvalue weighted by Gasteiger charge is -2.10. The van der Waals surface area contributed by atoms with Crippen LogP contribution in [0.25, 0.3) is 0 Å². The second-order valence-electron chi connectivity index (χ2n) is 5.47. The smallest absolute Gasteiger partial charge is 0.240 e. The summed E-state index contributed by atoms with van der Waals surface area (Å²) in [5, 5.41) is 2.58. The van der Waals surface area contributed by atoms with Crippen molar-refractivity contribution in [2.75, 3.05) is 11.9 Å². The standard InChI is InChI=1S/C17H19FN2O3S/c1-12-3-4-13(2)16(11-12)24(22,23)19-10-9-17(21)20-15-7-5-14(18)6-8-15/h3-8,11,19H,9-10H2,1-2H3,(H,20,21). The summed E-state index contributed by atoms with van der Waals surface area (Å²) in [6, 6.07) is 10.5. The molecule has 0 saturated heterocycles. The van der Waals surface area contributed by atoms with Gasteiger partial charge in [-0.1, -0.05) is 12.1 Å². The molecule has 128 valence electrons. The van der Waals surface area contributed by atoms with Gasteiger partial charge in [-0.2, -0.15) is 0 Å². The average molecular weight is 350 g/mol. The molecule has 0 heterocycles. The Hall–Kier alpha value is -2.25. The van der Waals surface area contributed by atoms with Gasteiger partial charge in [-0.3, -0.25) is 4.79 Å². The summed E-state index contributed by atoms with van der Waals surface area (Å²) in [4.78, 5) is 12.0. The number of amides is 1. The summed E-state index contributed by atoms with van der Waals surface area (Å²) >= 11 is 0. The molecule has 0 fully saturated rings. The molecule has 2 N–H and O–H groups in total. The van der Waals surface area contributed by atoms with Crippen LogP contribution in [0.2, 0.25) is 0 Å². The minimum absolute atomic E-state index is 0.0251. The van der Waals surface area contributed by atoms with Crippen molar-refractivity contribution in [3.05, 3.63) is 59.4 Å². The van der Waals surface area contributed by atoms with E-state index in [1.807, 2.05) is 13.0 Å². The van der Waals surface area contributed by atoms with Gasteiger partial charge >= 0.3 is 0 Å². The van der Waals surface area contributed by atoms with E-state index in [0.29, 0.717) is 11.3 Å². The van der Waals surface area contributed by atoms with Crippen molar-refractivity contribution in [1.29, 1.82) is 0 Å². The summed E-state index contributed by atoms with van der Waals surface area (Å²) < 4.78 is 39.8. The summed E-state index contributed by atoms with van der Waals surface area (Å²) in [7, 11) is -3.67. The van der Waals surface area contributed by atoms with Crippen LogP contribution in [0.4, 0.5) is 10.1 Å². The molecule has 5 nitrogen and oxygen atoms in total. The molecule has 7 heteroatoms. The van der Waals surface area contributed by atoms with E-state index in [1.165, 1.54) is 24.3 Å². The van der Waals surface area contributed by atoms with Crippen molar-refractivity contribution in [3.8, 4) is 0 Å². The van der Waals surface area contributed by atoms with Gasteiger partial charge in [0.25, 0.3) is 0 Å². The Bertz CT molecular complexity index is 833. The molecule has 1 amide bonds. The number of aryl methyl sites for hydroxylation is 2. The summed E-state index contributed by atoms with van der Waals surface area (Å²) in [6.07, 6.45) is -0.0263. The van der Waals surface area contributed by atoms with Crippen LogP contribution in [-0.4, -0.2) is 20.9 Å². The number of hydrogen-bond donors (Lipinski definition) is 2. The molecule has 0 aliphatic carbocycles. The van der Waals surface area contributed by atoms with E-state index in [2.05, 4.69) is 10.0 Å². The van der Waals surface area contributed by atoms with Crippen molar-refractivity contribution in [2.45, 2.75) is 25.2 Å². The predicted octanol–water partition coefficient (Wildman–Crippen LogP) is 2.75. The van der Waals surface area contributed by atoms with Crippen molar-refractivity contribution in [1.82, 2.24) is 4.72 Å². The highest BCUT2D eigenvalue weighted by Crippen LogP contribution is 2.16. The number of carbonyl (C=O) groups excluding carboxylic acids is 1. The van der Waals surface area contributed by atoms with E-state index < -0.39 is 15.8 Å². The minimum Gasteiger partial charge on any atom is -0.326 e. The zero-order valence-electron chi connectivity index (χ0n) is 13.5. The van der Waals surface area contributed by atoms with Crippen LogP contribution >= 0.6 is 0 Å².